The number of nitrogens with zero attached hydrogens (tertiary/aromatic N) is 2. The van der Waals surface area contributed by atoms with Gasteiger partial charge in [-0.15, -0.1) is 24.0 Å². The van der Waals surface area contributed by atoms with Crippen molar-refractivity contribution in [3.63, 3.8) is 0 Å². The molecule has 0 aliphatic carbocycles. The van der Waals surface area contributed by atoms with Crippen molar-refractivity contribution in [2.24, 2.45) is 4.99 Å². The van der Waals surface area contributed by atoms with Crippen molar-refractivity contribution < 1.29 is 13.5 Å². The van der Waals surface area contributed by atoms with Crippen LogP contribution in [0.4, 0.5) is 8.78 Å². The third-order valence-corrected chi connectivity index (χ3v) is 5.42. The van der Waals surface area contributed by atoms with Gasteiger partial charge in [-0.1, -0.05) is 18.2 Å². The monoisotopic (exact) mass is 558 g/mol. The summed E-state index contributed by atoms with van der Waals surface area (Å²) in [6.07, 6.45) is 2.03. The molecule has 0 atom stereocenters. The zero-order valence-electron chi connectivity index (χ0n) is 18.7. The molecule has 0 amide bonds. The number of guanidine groups is 1. The number of hydrogen-bond donors (Lipinski definition) is 2. The van der Waals surface area contributed by atoms with Crippen molar-refractivity contribution in [2.45, 2.75) is 45.5 Å². The molecule has 2 aromatic carbocycles. The standard InChI is InChI=1S/C24H32F2N4O.HI/c1-3-27-24(28-15-19-6-9-23(26)20(14-19)17-31-2)29-22-10-12-30(13-11-22)16-18-4-7-21(25)8-5-18;/h4-9,14,22H,3,10-13,15-17H2,1-2H3,(H2,27,28,29);1H. The van der Waals surface area contributed by atoms with Crippen LogP contribution in [-0.2, 0) is 24.4 Å². The van der Waals surface area contributed by atoms with Crippen LogP contribution in [0.3, 0.4) is 0 Å². The fraction of sp³-hybridized carbons (Fsp3) is 0.458. The van der Waals surface area contributed by atoms with Crippen LogP contribution in [0.5, 0.6) is 0 Å². The van der Waals surface area contributed by atoms with E-state index in [4.69, 9.17) is 4.74 Å². The molecule has 1 fully saturated rings. The smallest absolute Gasteiger partial charge is 0.191 e. The van der Waals surface area contributed by atoms with Crippen LogP contribution >= 0.6 is 24.0 Å². The molecular formula is C24H33F2IN4O. The molecule has 1 aliphatic heterocycles. The Morgan fingerprint density at radius 1 is 1.09 bits per heavy atom. The molecule has 32 heavy (non-hydrogen) atoms. The van der Waals surface area contributed by atoms with Gasteiger partial charge in [0.15, 0.2) is 5.96 Å². The molecule has 5 nitrogen and oxygen atoms in total. The highest BCUT2D eigenvalue weighted by Crippen LogP contribution is 2.15. The largest absolute Gasteiger partial charge is 0.380 e. The first-order chi connectivity index (χ1) is 15.1. The Labute approximate surface area is 206 Å². The second kappa shape index (κ2) is 13.7. The maximum Gasteiger partial charge on any atom is 0.191 e. The summed E-state index contributed by atoms with van der Waals surface area (Å²) in [4.78, 5) is 7.08. The molecule has 1 heterocycles. The predicted octanol–water partition coefficient (Wildman–Crippen LogP) is 4.45. The fourth-order valence-electron chi connectivity index (χ4n) is 3.76. The molecule has 8 heteroatoms. The van der Waals surface area contributed by atoms with Gasteiger partial charge < -0.3 is 15.4 Å². The van der Waals surface area contributed by atoms with E-state index in [1.54, 1.807) is 19.2 Å². The van der Waals surface area contributed by atoms with Gasteiger partial charge in [0.05, 0.1) is 13.2 Å². The lowest BCUT2D eigenvalue weighted by Crippen LogP contribution is -2.48. The Balaban J connectivity index is 0.00000363. The van der Waals surface area contributed by atoms with E-state index in [9.17, 15) is 8.78 Å². The molecule has 0 unspecified atom stereocenters. The molecule has 0 radical (unpaired) electrons. The number of piperidine rings is 1. The molecule has 2 N–H and O–H groups in total. The maximum absolute atomic E-state index is 13.8. The molecule has 3 rings (SSSR count). The second-order valence-corrected chi connectivity index (χ2v) is 7.88. The quantitative estimate of drug-likeness (QED) is 0.286. The summed E-state index contributed by atoms with van der Waals surface area (Å²) in [6.45, 7) is 6.33. The SMILES string of the molecule is CCNC(=NCc1ccc(F)c(COC)c1)NC1CCN(Cc2ccc(F)cc2)CC1.I. The number of benzene rings is 2. The van der Waals surface area contributed by atoms with E-state index in [2.05, 4.69) is 20.5 Å². The van der Waals surface area contributed by atoms with Gasteiger partial charge in [0, 0.05) is 44.9 Å². The molecule has 176 valence electrons. The molecule has 1 saturated heterocycles. The van der Waals surface area contributed by atoms with Gasteiger partial charge in [0.1, 0.15) is 11.6 Å². The highest BCUT2D eigenvalue weighted by atomic mass is 127. The zero-order valence-corrected chi connectivity index (χ0v) is 21.1. The van der Waals surface area contributed by atoms with E-state index in [0.717, 1.165) is 56.1 Å². The average molecular weight is 558 g/mol. The number of hydrogen-bond acceptors (Lipinski definition) is 3. The first-order valence-corrected chi connectivity index (χ1v) is 10.8. The average Bonchev–Trinajstić information content (AvgIpc) is 2.77. The molecular weight excluding hydrogens is 525 g/mol. The Kier molecular flexibility index (Phi) is 11.3. The lowest BCUT2D eigenvalue weighted by molar-refractivity contribution is 0.181. The highest BCUT2D eigenvalue weighted by Gasteiger charge is 2.20. The van der Waals surface area contributed by atoms with Crippen molar-refractivity contribution in [3.05, 3.63) is 70.8 Å². The molecule has 0 bridgehead atoms. The van der Waals surface area contributed by atoms with E-state index in [-0.39, 0.29) is 42.2 Å². The number of nitrogens with one attached hydrogen (secondary N) is 2. The third-order valence-electron chi connectivity index (χ3n) is 5.42. The van der Waals surface area contributed by atoms with Crippen LogP contribution in [0, 0.1) is 11.6 Å². The number of ether oxygens (including phenoxy) is 1. The molecule has 0 saturated carbocycles. The van der Waals surface area contributed by atoms with Crippen molar-refractivity contribution in [1.82, 2.24) is 15.5 Å². The lowest BCUT2D eigenvalue weighted by atomic mass is 10.0. The minimum atomic E-state index is -0.257. The summed E-state index contributed by atoms with van der Waals surface area (Å²) in [5, 5.41) is 6.83. The van der Waals surface area contributed by atoms with Crippen LogP contribution < -0.4 is 10.6 Å². The van der Waals surface area contributed by atoms with E-state index in [1.807, 2.05) is 19.1 Å². The van der Waals surface area contributed by atoms with Crippen LogP contribution in [0.15, 0.2) is 47.5 Å². The van der Waals surface area contributed by atoms with Gasteiger partial charge in [-0.3, -0.25) is 4.90 Å². The summed E-state index contributed by atoms with van der Waals surface area (Å²) in [6, 6.07) is 12.1. The summed E-state index contributed by atoms with van der Waals surface area (Å²) in [5.41, 5.74) is 2.62. The number of likely N-dealkylation sites (tertiary alicyclic amines) is 1. The first-order valence-electron chi connectivity index (χ1n) is 10.8. The topological polar surface area (TPSA) is 48.9 Å². The Morgan fingerprint density at radius 3 is 2.44 bits per heavy atom. The second-order valence-electron chi connectivity index (χ2n) is 7.88. The van der Waals surface area contributed by atoms with Gasteiger partial charge in [0.2, 0.25) is 0 Å². The van der Waals surface area contributed by atoms with E-state index in [1.165, 1.54) is 18.2 Å². The molecule has 0 aromatic heterocycles. The van der Waals surface area contributed by atoms with Gasteiger partial charge in [-0.2, -0.15) is 0 Å². The van der Waals surface area contributed by atoms with Crippen molar-refractivity contribution in [2.75, 3.05) is 26.7 Å². The normalized spacial score (nSPS) is 15.3. The summed E-state index contributed by atoms with van der Waals surface area (Å²) < 4.78 is 32.0. The minimum absolute atomic E-state index is 0. The van der Waals surface area contributed by atoms with E-state index < -0.39 is 0 Å². The van der Waals surface area contributed by atoms with E-state index in [0.29, 0.717) is 18.2 Å². The number of methoxy groups -OCH3 is 1. The summed E-state index contributed by atoms with van der Waals surface area (Å²) in [7, 11) is 1.56. The Morgan fingerprint density at radius 2 is 1.78 bits per heavy atom. The lowest BCUT2D eigenvalue weighted by Gasteiger charge is -2.33. The number of halogens is 3. The molecule has 2 aromatic rings. The van der Waals surface area contributed by atoms with Crippen molar-refractivity contribution in [1.29, 1.82) is 0 Å². The molecule has 1 aliphatic rings. The summed E-state index contributed by atoms with van der Waals surface area (Å²) >= 11 is 0. The maximum atomic E-state index is 13.8. The van der Waals surface area contributed by atoms with E-state index >= 15 is 0 Å². The minimum Gasteiger partial charge on any atom is -0.380 e. The fourth-order valence-corrected chi connectivity index (χ4v) is 3.76. The Bertz CT molecular complexity index is 856. The third kappa shape index (κ3) is 8.29. The number of rotatable bonds is 8. The van der Waals surface area contributed by atoms with Crippen LogP contribution in [0.25, 0.3) is 0 Å². The van der Waals surface area contributed by atoms with Crippen LogP contribution in [-0.4, -0.2) is 43.6 Å². The van der Waals surface area contributed by atoms with Gasteiger partial charge >= 0.3 is 0 Å². The van der Waals surface area contributed by atoms with Crippen molar-refractivity contribution in [3.8, 4) is 0 Å². The van der Waals surface area contributed by atoms with Crippen LogP contribution in [0.2, 0.25) is 0 Å². The van der Waals surface area contributed by atoms with Crippen LogP contribution in [0.1, 0.15) is 36.5 Å². The van der Waals surface area contributed by atoms with Gasteiger partial charge in [-0.05, 0) is 55.2 Å². The highest BCUT2D eigenvalue weighted by molar-refractivity contribution is 14.0. The summed E-state index contributed by atoms with van der Waals surface area (Å²) in [5.74, 6) is 0.321. The Hall–Kier alpha value is -1.78. The zero-order chi connectivity index (χ0) is 22.1. The number of aliphatic imine (C=N–C) groups is 1. The first kappa shape index (κ1) is 26.5. The molecule has 0 spiro atoms. The van der Waals surface area contributed by atoms with Crippen molar-refractivity contribution >= 4 is 29.9 Å². The van der Waals surface area contributed by atoms with Gasteiger partial charge in [0.25, 0.3) is 0 Å². The van der Waals surface area contributed by atoms with Gasteiger partial charge in [-0.25, -0.2) is 13.8 Å². The predicted molar refractivity (Wildman–Crippen MR) is 135 cm³/mol.